The predicted octanol–water partition coefficient (Wildman–Crippen LogP) is 4.48. The van der Waals surface area contributed by atoms with Crippen molar-refractivity contribution in [1.82, 2.24) is 5.32 Å². The Hall–Kier alpha value is -0.820. The van der Waals surface area contributed by atoms with Gasteiger partial charge in [-0.05, 0) is 85.7 Å². The molecule has 21 heavy (non-hydrogen) atoms. The molecule has 0 aliphatic heterocycles. The average Bonchev–Trinajstić information content (AvgIpc) is 3.31. The van der Waals surface area contributed by atoms with Gasteiger partial charge in [-0.1, -0.05) is 24.3 Å². The molecule has 5 fully saturated rings. The Bertz CT molecular complexity index is 502. The van der Waals surface area contributed by atoms with Crippen LogP contribution in [0.5, 0.6) is 0 Å². The molecule has 0 amide bonds. The molecule has 0 atom stereocenters. The highest BCUT2D eigenvalue weighted by molar-refractivity contribution is 5.29. The summed E-state index contributed by atoms with van der Waals surface area (Å²) >= 11 is 0. The summed E-state index contributed by atoms with van der Waals surface area (Å²) in [6, 6.07) is 10.2. The van der Waals surface area contributed by atoms with Crippen molar-refractivity contribution in [3.8, 4) is 0 Å². The fourth-order valence-electron chi connectivity index (χ4n) is 5.87. The summed E-state index contributed by atoms with van der Waals surface area (Å²) in [5, 5.41) is 3.97. The van der Waals surface area contributed by atoms with Gasteiger partial charge in [-0.3, -0.25) is 0 Å². The fraction of sp³-hybridized carbons (Fsp3) is 0.700. The van der Waals surface area contributed by atoms with E-state index in [1.165, 1.54) is 44.1 Å². The SMILES string of the molecule is c1cc(CNC2C3CC4CC(C3)CC2C4)cc(C2CC2)c1. The summed E-state index contributed by atoms with van der Waals surface area (Å²) in [6.07, 6.45) is 10.5. The van der Waals surface area contributed by atoms with Crippen molar-refractivity contribution in [2.75, 3.05) is 0 Å². The molecule has 5 aliphatic carbocycles. The standard InChI is InChI=1S/C20H27N/c1-2-13(7-17(3-1)16-4-5-16)12-21-20-18-8-14-6-15(10-18)11-19(20)9-14/h1-3,7,14-16,18-21H,4-6,8-12H2. The van der Waals surface area contributed by atoms with Crippen molar-refractivity contribution >= 4 is 0 Å². The second kappa shape index (κ2) is 4.84. The first-order chi connectivity index (χ1) is 10.3. The summed E-state index contributed by atoms with van der Waals surface area (Å²) < 4.78 is 0. The molecular formula is C20H27N. The van der Waals surface area contributed by atoms with Gasteiger partial charge in [0.2, 0.25) is 0 Å². The Kier molecular flexibility index (Phi) is 2.93. The Balaban J connectivity index is 1.27. The number of benzene rings is 1. The molecule has 0 heterocycles. The fourth-order valence-corrected chi connectivity index (χ4v) is 5.87. The van der Waals surface area contributed by atoms with Crippen LogP contribution in [-0.2, 0) is 6.54 Å². The number of nitrogens with one attached hydrogen (secondary N) is 1. The first-order valence-electron chi connectivity index (χ1n) is 9.17. The average molecular weight is 281 g/mol. The molecule has 5 aliphatic rings. The van der Waals surface area contributed by atoms with Crippen molar-refractivity contribution in [3.05, 3.63) is 35.4 Å². The van der Waals surface area contributed by atoms with E-state index in [4.69, 9.17) is 0 Å². The highest BCUT2D eigenvalue weighted by Crippen LogP contribution is 2.53. The van der Waals surface area contributed by atoms with Crippen LogP contribution in [0.15, 0.2) is 24.3 Å². The van der Waals surface area contributed by atoms with Gasteiger partial charge in [0, 0.05) is 12.6 Å². The Morgan fingerprint density at radius 3 is 2.29 bits per heavy atom. The summed E-state index contributed by atoms with van der Waals surface area (Å²) in [5.41, 5.74) is 3.09. The van der Waals surface area contributed by atoms with Gasteiger partial charge in [0.05, 0.1) is 0 Å². The molecule has 6 rings (SSSR count). The molecule has 0 spiro atoms. The summed E-state index contributed by atoms with van der Waals surface area (Å²) in [7, 11) is 0. The van der Waals surface area contributed by atoms with Crippen LogP contribution < -0.4 is 5.32 Å². The van der Waals surface area contributed by atoms with E-state index in [0.717, 1.165) is 42.2 Å². The van der Waals surface area contributed by atoms with E-state index in [1.807, 2.05) is 0 Å². The van der Waals surface area contributed by atoms with Gasteiger partial charge < -0.3 is 5.32 Å². The lowest BCUT2D eigenvalue weighted by Gasteiger charge is -2.54. The monoisotopic (exact) mass is 281 g/mol. The van der Waals surface area contributed by atoms with E-state index in [-0.39, 0.29) is 0 Å². The van der Waals surface area contributed by atoms with Gasteiger partial charge >= 0.3 is 0 Å². The largest absolute Gasteiger partial charge is 0.309 e. The molecular weight excluding hydrogens is 254 g/mol. The first-order valence-corrected chi connectivity index (χ1v) is 9.17. The number of rotatable bonds is 4. The molecule has 0 aromatic heterocycles. The zero-order chi connectivity index (χ0) is 13.8. The second-order valence-electron chi connectivity index (χ2n) is 8.36. The van der Waals surface area contributed by atoms with Crippen molar-refractivity contribution < 1.29 is 0 Å². The third kappa shape index (κ3) is 2.34. The molecule has 5 saturated carbocycles. The Morgan fingerprint density at radius 1 is 0.905 bits per heavy atom. The minimum atomic E-state index is 0.822. The van der Waals surface area contributed by atoms with E-state index >= 15 is 0 Å². The molecule has 1 aromatic carbocycles. The molecule has 4 bridgehead atoms. The van der Waals surface area contributed by atoms with Gasteiger partial charge in [0.1, 0.15) is 0 Å². The van der Waals surface area contributed by atoms with Crippen molar-refractivity contribution in [3.63, 3.8) is 0 Å². The van der Waals surface area contributed by atoms with Crippen LogP contribution in [0.1, 0.15) is 62.0 Å². The van der Waals surface area contributed by atoms with E-state index in [2.05, 4.69) is 29.6 Å². The Labute approximate surface area is 128 Å². The van der Waals surface area contributed by atoms with Gasteiger partial charge in [0.15, 0.2) is 0 Å². The van der Waals surface area contributed by atoms with Crippen LogP contribution in [0.2, 0.25) is 0 Å². The van der Waals surface area contributed by atoms with Crippen molar-refractivity contribution in [1.29, 1.82) is 0 Å². The molecule has 112 valence electrons. The lowest BCUT2D eigenvalue weighted by atomic mass is 9.54. The van der Waals surface area contributed by atoms with Gasteiger partial charge in [-0.25, -0.2) is 0 Å². The highest BCUT2D eigenvalue weighted by Gasteiger charge is 2.47. The van der Waals surface area contributed by atoms with Crippen LogP contribution in [0.4, 0.5) is 0 Å². The number of hydrogen-bond donors (Lipinski definition) is 1. The normalized spacial score (nSPS) is 40.7. The topological polar surface area (TPSA) is 12.0 Å². The molecule has 1 heteroatoms. The first kappa shape index (κ1) is 12.7. The summed E-state index contributed by atoms with van der Waals surface area (Å²) in [5.74, 6) is 5.04. The highest BCUT2D eigenvalue weighted by atomic mass is 14.9. The van der Waals surface area contributed by atoms with Crippen LogP contribution in [-0.4, -0.2) is 6.04 Å². The predicted molar refractivity (Wildman–Crippen MR) is 86.1 cm³/mol. The summed E-state index contributed by atoms with van der Waals surface area (Å²) in [6.45, 7) is 1.09. The number of hydrogen-bond acceptors (Lipinski definition) is 1. The maximum absolute atomic E-state index is 3.97. The molecule has 0 saturated heterocycles. The minimum absolute atomic E-state index is 0.822. The third-order valence-corrected chi connectivity index (χ3v) is 6.77. The van der Waals surface area contributed by atoms with Gasteiger partial charge in [0.25, 0.3) is 0 Å². The smallest absolute Gasteiger partial charge is 0.0208 e. The van der Waals surface area contributed by atoms with Crippen LogP contribution in [0.25, 0.3) is 0 Å². The lowest BCUT2D eigenvalue weighted by molar-refractivity contribution is -0.0142. The molecule has 0 unspecified atom stereocenters. The van der Waals surface area contributed by atoms with Gasteiger partial charge in [-0.2, -0.15) is 0 Å². The maximum Gasteiger partial charge on any atom is 0.0208 e. The van der Waals surface area contributed by atoms with E-state index in [9.17, 15) is 0 Å². The molecule has 0 radical (unpaired) electrons. The van der Waals surface area contributed by atoms with Crippen LogP contribution in [0, 0.1) is 23.7 Å². The third-order valence-electron chi connectivity index (χ3n) is 6.77. The van der Waals surface area contributed by atoms with Gasteiger partial charge in [-0.15, -0.1) is 0 Å². The Morgan fingerprint density at radius 2 is 1.62 bits per heavy atom. The van der Waals surface area contributed by atoms with E-state index < -0.39 is 0 Å². The van der Waals surface area contributed by atoms with E-state index in [0.29, 0.717) is 0 Å². The maximum atomic E-state index is 3.97. The molecule has 1 nitrogen and oxygen atoms in total. The molecule has 1 aromatic rings. The quantitative estimate of drug-likeness (QED) is 0.858. The zero-order valence-electron chi connectivity index (χ0n) is 12.9. The van der Waals surface area contributed by atoms with E-state index in [1.54, 1.807) is 12.0 Å². The van der Waals surface area contributed by atoms with Crippen LogP contribution >= 0.6 is 0 Å². The zero-order valence-corrected chi connectivity index (χ0v) is 12.9. The van der Waals surface area contributed by atoms with Crippen LogP contribution in [0.3, 0.4) is 0 Å². The summed E-state index contributed by atoms with van der Waals surface area (Å²) in [4.78, 5) is 0. The van der Waals surface area contributed by atoms with Crippen molar-refractivity contribution in [2.45, 2.75) is 63.5 Å². The molecule has 1 N–H and O–H groups in total. The lowest BCUT2D eigenvalue weighted by Crippen LogP contribution is -2.54. The van der Waals surface area contributed by atoms with Crippen molar-refractivity contribution in [2.24, 2.45) is 23.7 Å². The minimum Gasteiger partial charge on any atom is -0.309 e. The second-order valence-corrected chi connectivity index (χ2v) is 8.36.